The number of hydrogen-bond acceptors (Lipinski definition) is 6. The third kappa shape index (κ3) is 4.52. The second-order valence-electron chi connectivity index (χ2n) is 8.14. The number of carbonyl (C=O) groups is 1. The number of aromatic amines is 1. The van der Waals surface area contributed by atoms with Crippen LogP contribution in [-0.4, -0.2) is 56.5 Å². The number of amides is 1. The summed E-state index contributed by atoms with van der Waals surface area (Å²) in [7, 11) is 0. The zero-order chi connectivity index (χ0) is 24.5. The van der Waals surface area contributed by atoms with Crippen molar-refractivity contribution < 1.29 is 9.18 Å². The topological polar surface area (TPSA) is 104 Å². The van der Waals surface area contributed by atoms with Gasteiger partial charge >= 0.3 is 5.69 Å². The van der Waals surface area contributed by atoms with Gasteiger partial charge < -0.3 is 9.80 Å². The number of nitrogens with one attached hydrogen (secondary N) is 1. The van der Waals surface area contributed by atoms with Gasteiger partial charge in [-0.25, -0.2) is 19.2 Å². The Labute approximate surface area is 203 Å². The maximum absolute atomic E-state index is 13.7. The lowest BCUT2D eigenvalue weighted by Crippen LogP contribution is -2.49. The summed E-state index contributed by atoms with van der Waals surface area (Å²) in [4.78, 5) is 52.4. The van der Waals surface area contributed by atoms with E-state index >= 15 is 0 Å². The Kier molecular flexibility index (Phi) is 6.04. The van der Waals surface area contributed by atoms with Gasteiger partial charge in [-0.15, -0.1) is 0 Å². The monoisotopic (exact) mass is 494 g/mol. The van der Waals surface area contributed by atoms with Gasteiger partial charge in [0.15, 0.2) is 0 Å². The van der Waals surface area contributed by atoms with Crippen LogP contribution in [0.3, 0.4) is 0 Å². The lowest BCUT2D eigenvalue weighted by Gasteiger charge is -2.34. The molecule has 0 spiro atoms. The molecule has 9 nitrogen and oxygen atoms in total. The molecule has 1 aliphatic rings. The molecule has 2 aromatic heterocycles. The molecule has 178 valence electrons. The third-order valence-corrected chi connectivity index (χ3v) is 6.35. The first kappa shape index (κ1) is 22.7. The predicted octanol–water partition coefficient (Wildman–Crippen LogP) is 2.28. The maximum atomic E-state index is 13.7. The zero-order valence-electron chi connectivity index (χ0n) is 18.4. The van der Waals surface area contributed by atoms with Crippen LogP contribution in [0.25, 0.3) is 10.9 Å². The molecule has 1 amide bonds. The molecule has 0 atom stereocenters. The van der Waals surface area contributed by atoms with E-state index in [-0.39, 0.29) is 23.4 Å². The molecule has 1 aliphatic heterocycles. The van der Waals surface area contributed by atoms with Crippen molar-refractivity contribution in [2.24, 2.45) is 0 Å². The Hall–Kier alpha value is -4.05. The van der Waals surface area contributed by atoms with Crippen LogP contribution in [0.2, 0.25) is 5.02 Å². The van der Waals surface area contributed by atoms with Crippen LogP contribution in [0.1, 0.15) is 15.9 Å². The molecule has 1 fully saturated rings. The number of carbonyl (C=O) groups excluding carboxylic acids is 1. The van der Waals surface area contributed by atoms with Gasteiger partial charge in [-0.2, -0.15) is 0 Å². The fourth-order valence-corrected chi connectivity index (χ4v) is 4.35. The second kappa shape index (κ2) is 9.30. The van der Waals surface area contributed by atoms with Crippen molar-refractivity contribution in [2.75, 3.05) is 31.1 Å². The average molecular weight is 495 g/mol. The van der Waals surface area contributed by atoms with E-state index in [4.69, 9.17) is 11.6 Å². The Morgan fingerprint density at radius 2 is 1.77 bits per heavy atom. The Balaban J connectivity index is 1.39. The normalized spacial score (nSPS) is 13.9. The molecular weight excluding hydrogens is 475 g/mol. The maximum Gasteiger partial charge on any atom is 0.329 e. The minimum absolute atomic E-state index is 0.00315. The van der Waals surface area contributed by atoms with Crippen LogP contribution in [0.15, 0.2) is 64.4 Å². The van der Waals surface area contributed by atoms with Gasteiger partial charge in [0.1, 0.15) is 5.82 Å². The van der Waals surface area contributed by atoms with Crippen LogP contribution in [-0.2, 0) is 6.54 Å². The van der Waals surface area contributed by atoms with E-state index in [9.17, 15) is 18.8 Å². The van der Waals surface area contributed by atoms with Gasteiger partial charge in [0.2, 0.25) is 5.95 Å². The summed E-state index contributed by atoms with van der Waals surface area (Å²) in [6.07, 6.45) is 3.37. The highest BCUT2D eigenvalue weighted by Crippen LogP contribution is 2.22. The molecule has 1 N–H and O–H groups in total. The first-order chi connectivity index (χ1) is 16.9. The fourth-order valence-electron chi connectivity index (χ4n) is 4.17. The minimum atomic E-state index is -0.671. The molecular formula is C24H20ClFN6O3. The summed E-state index contributed by atoms with van der Waals surface area (Å²) in [5, 5.41) is 0.411. The molecule has 3 heterocycles. The standard InChI is InChI=1S/C24H20ClFN6O3/c25-19-4-2-15(22(34)30-8-10-31(11-9-30)23-27-6-1-7-28-23)12-16(19)14-32-20-5-3-17(26)13-18(20)21(33)29-24(32)35/h1-7,12-13H,8-11,14H2,(H,29,33,35). The highest BCUT2D eigenvalue weighted by atomic mass is 35.5. The van der Waals surface area contributed by atoms with E-state index in [2.05, 4.69) is 15.0 Å². The number of nitrogens with zero attached hydrogens (tertiary/aromatic N) is 5. The third-order valence-electron chi connectivity index (χ3n) is 5.98. The van der Waals surface area contributed by atoms with Gasteiger partial charge in [0.25, 0.3) is 11.5 Å². The molecule has 5 rings (SSSR count). The first-order valence-corrected chi connectivity index (χ1v) is 11.3. The highest BCUT2D eigenvalue weighted by molar-refractivity contribution is 6.31. The molecule has 0 aliphatic carbocycles. The van der Waals surface area contributed by atoms with Crippen LogP contribution in [0.5, 0.6) is 0 Å². The number of rotatable bonds is 4. The molecule has 1 saturated heterocycles. The van der Waals surface area contributed by atoms with Crippen molar-refractivity contribution in [2.45, 2.75) is 6.54 Å². The van der Waals surface area contributed by atoms with E-state index in [1.54, 1.807) is 41.6 Å². The number of benzene rings is 2. The van der Waals surface area contributed by atoms with E-state index in [0.717, 1.165) is 6.07 Å². The number of hydrogen-bond donors (Lipinski definition) is 1. The quantitative estimate of drug-likeness (QED) is 0.467. The van der Waals surface area contributed by atoms with Gasteiger partial charge in [-0.05, 0) is 48.0 Å². The number of aromatic nitrogens is 4. The molecule has 0 bridgehead atoms. The second-order valence-corrected chi connectivity index (χ2v) is 8.55. The molecule has 0 unspecified atom stereocenters. The predicted molar refractivity (Wildman–Crippen MR) is 129 cm³/mol. The van der Waals surface area contributed by atoms with Crippen LogP contribution in [0, 0.1) is 5.82 Å². The van der Waals surface area contributed by atoms with Crippen LogP contribution in [0.4, 0.5) is 10.3 Å². The lowest BCUT2D eigenvalue weighted by atomic mass is 10.1. The van der Waals surface area contributed by atoms with Crippen molar-refractivity contribution in [3.05, 3.63) is 97.7 Å². The van der Waals surface area contributed by atoms with Crippen molar-refractivity contribution in [3.63, 3.8) is 0 Å². The van der Waals surface area contributed by atoms with Gasteiger partial charge in [-0.3, -0.25) is 19.1 Å². The molecule has 0 saturated carbocycles. The average Bonchev–Trinajstić information content (AvgIpc) is 2.88. The summed E-state index contributed by atoms with van der Waals surface area (Å²) in [6.45, 7) is 2.21. The number of fused-ring (bicyclic) bond motifs is 1. The molecule has 35 heavy (non-hydrogen) atoms. The lowest BCUT2D eigenvalue weighted by molar-refractivity contribution is 0.0746. The Morgan fingerprint density at radius 1 is 1.03 bits per heavy atom. The minimum Gasteiger partial charge on any atom is -0.337 e. The Morgan fingerprint density at radius 3 is 2.51 bits per heavy atom. The molecule has 4 aromatic rings. The molecule has 11 heteroatoms. The fraction of sp³-hybridized carbons (Fsp3) is 0.208. The van der Waals surface area contributed by atoms with Crippen molar-refractivity contribution in [3.8, 4) is 0 Å². The summed E-state index contributed by atoms with van der Waals surface area (Å²) < 4.78 is 15.0. The van der Waals surface area contributed by atoms with Gasteiger partial charge in [0.05, 0.1) is 17.4 Å². The summed E-state index contributed by atoms with van der Waals surface area (Å²) in [6, 6.07) is 10.3. The van der Waals surface area contributed by atoms with Crippen LogP contribution < -0.4 is 16.1 Å². The summed E-state index contributed by atoms with van der Waals surface area (Å²) >= 11 is 6.39. The zero-order valence-corrected chi connectivity index (χ0v) is 19.2. The largest absolute Gasteiger partial charge is 0.337 e. The first-order valence-electron chi connectivity index (χ1n) is 10.9. The Bertz CT molecular complexity index is 1530. The van der Waals surface area contributed by atoms with Gasteiger partial charge in [0, 0.05) is 49.2 Å². The molecule has 0 radical (unpaired) electrons. The number of H-pyrrole nitrogens is 1. The number of halogens is 2. The van der Waals surface area contributed by atoms with Crippen molar-refractivity contribution in [1.82, 2.24) is 24.4 Å². The van der Waals surface area contributed by atoms with E-state index < -0.39 is 17.1 Å². The van der Waals surface area contributed by atoms with Gasteiger partial charge in [-0.1, -0.05) is 11.6 Å². The van der Waals surface area contributed by atoms with Crippen molar-refractivity contribution >= 4 is 34.4 Å². The number of piperazine rings is 1. The summed E-state index contributed by atoms with van der Waals surface area (Å²) in [5.74, 6) is -0.109. The number of anilines is 1. The van der Waals surface area contributed by atoms with E-state index in [1.165, 1.54) is 16.7 Å². The molecule has 2 aromatic carbocycles. The van der Waals surface area contributed by atoms with Crippen molar-refractivity contribution in [1.29, 1.82) is 0 Å². The van der Waals surface area contributed by atoms with Crippen LogP contribution >= 0.6 is 11.6 Å². The van der Waals surface area contributed by atoms with E-state index in [0.29, 0.717) is 48.3 Å². The SMILES string of the molecule is O=C(c1ccc(Cl)c(Cn2c(=O)[nH]c(=O)c3cc(F)ccc32)c1)N1CCN(c2ncccn2)CC1. The van der Waals surface area contributed by atoms with E-state index in [1.807, 2.05) is 4.90 Å². The summed E-state index contributed by atoms with van der Waals surface area (Å²) in [5.41, 5.74) is -0.0978. The smallest absolute Gasteiger partial charge is 0.329 e. The highest BCUT2D eigenvalue weighted by Gasteiger charge is 2.24.